The Morgan fingerprint density at radius 1 is 1.44 bits per heavy atom. The first-order valence-corrected chi connectivity index (χ1v) is 7.95. The predicted octanol–water partition coefficient (Wildman–Crippen LogP) is 2.93. The Bertz CT molecular complexity index is 401. The Balaban J connectivity index is 1.97. The number of Topliss-reactive ketones (excluding diaryl/α,β-unsaturated/α-hetero) is 1. The third kappa shape index (κ3) is 3.63. The van der Waals surface area contributed by atoms with Crippen molar-refractivity contribution >= 4 is 33.0 Å². The van der Waals surface area contributed by atoms with Gasteiger partial charge in [-0.15, -0.1) is 11.3 Å². The van der Waals surface area contributed by atoms with Crippen LogP contribution in [0.5, 0.6) is 0 Å². The molecule has 0 radical (unpaired) electrons. The summed E-state index contributed by atoms with van der Waals surface area (Å²) in [7, 11) is 0. The summed E-state index contributed by atoms with van der Waals surface area (Å²) in [5.74, 6) is 0.158. The molecule has 3 nitrogen and oxygen atoms in total. The van der Waals surface area contributed by atoms with Crippen LogP contribution in [0.3, 0.4) is 0 Å². The number of ketones is 1. The van der Waals surface area contributed by atoms with E-state index < -0.39 is 0 Å². The average Bonchev–Trinajstić information content (AvgIpc) is 2.98. The molecule has 1 aromatic heterocycles. The van der Waals surface area contributed by atoms with Crippen LogP contribution >= 0.6 is 27.3 Å². The monoisotopic (exact) mass is 331 g/mol. The van der Waals surface area contributed by atoms with Crippen molar-refractivity contribution in [3.05, 3.63) is 20.8 Å². The fraction of sp³-hybridized carbons (Fsp3) is 0.615. The van der Waals surface area contributed by atoms with E-state index in [2.05, 4.69) is 20.8 Å². The van der Waals surface area contributed by atoms with Gasteiger partial charge in [0, 0.05) is 12.6 Å². The first-order valence-electron chi connectivity index (χ1n) is 6.34. The van der Waals surface area contributed by atoms with Crippen molar-refractivity contribution in [1.82, 2.24) is 4.90 Å². The van der Waals surface area contributed by atoms with E-state index in [-0.39, 0.29) is 12.4 Å². The molecule has 0 aliphatic heterocycles. The highest BCUT2D eigenvalue weighted by Crippen LogP contribution is 2.25. The molecule has 1 aliphatic rings. The molecule has 100 valence electrons. The highest BCUT2D eigenvalue weighted by atomic mass is 79.9. The van der Waals surface area contributed by atoms with Gasteiger partial charge in [0.2, 0.25) is 0 Å². The van der Waals surface area contributed by atoms with Crippen LogP contribution in [0, 0.1) is 0 Å². The molecule has 0 unspecified atom stereocenters. The van der Waals surface area contributed by atoms with Crippen LogP contribution in [0.4, 0.5) is 0 Å². The minimum atomic E-state index is 0.123. The molecule has 0 aromatic carbocycles. The summed E-state index contributed by atoms with van der Waals surface area (Å²) in [5, 5.41) is 9.13. The highest BCUT2D eigenvalue weighted by Gasteiger charge is 2.24. The lowest BCUT2D eigenvalue weighted by molar-refractivity contribution is 0.0866. The molecule has 0 bridgehead atoms. The Hall–Kier alpha value is -0.230. The summed E-state index contributed by atoms with van der Waals surface area (Å²) in [4.78, 5) is 15.1. The molecule has 0 saturated heterocycles. The molecule has 1 heterocycles. The van der Waals surface area contributed by atoms with E-state index in [0.29, 0.717) is 19.1 Å². The number of aliphatic hydroxyl groups excluding tert-OH is 1. The Kier molecular flexibility index (Phi) is 5.36. The van der Waals surface area contributed by atoms with Gasteiger partial charge in [-0.2, -0.15) is 0 Å². The number of aliphatic hydroxyl groups is 1. The number of carbonyl (C=O) groups is 1. The van der Waals surface area contributed by atoms with Crippen LogP contribution in [0.1, 0.15) is 35.4 Å². The number of hydrogen-bond donors (Lipinski definition) is 1. The second-order valence-corrected chi connectivity index (χ2v) is 7.12. The van der Waals surface area contributed by atoms with Gasteiger partial charge in [0.05, 0.1) is 21.8 Å². The van der Waals surface area contributed by atoms with E-state index in [1.807, 2.05) is 12.1 Å². The number of halogens is 1. The maximum atomic E-state index is 12.2. The molecule has 1 saturated carbocycles. The number of rotatable bonds is 6. The fourth-order valence-corrected chi connectivity index (χ4v) is 3.83. The van der Waals surface area contributed by atoms with Gasteiger partial charge in [-0.1, -0.05) is 12.8 Å². The lowest BCUT2D eigenvalue weighted by Gasteiger charge is -2.27. The molecule has 2 rings (SSSR count). The lowest BCUT2D eigenvalue weighted by Crippen LogP contribution is -2.39. The second kappa shape index (κ2) is 6.80. The van der Waals surface area contributed by atoms with E-state index in [9.17, 15) is 4.79 Å². The zero-order valence-corrected chi connectivity index (χ0v) is 12.7. The van der Waals surface area contributed by atoms with E-state index in [1.165, 1.54) is 24.2 Å². The van der Waals surface area contributed by atoms with Gasteiger partial charge in [-0.3, -0.25) is 9.69 Å². The van der Waals surface area contributed by atoms with Gasteiger partial charge in [0.25, 0.3) is 0 Å². The second-order valence-electron chi connectivity index (χ2n) is 4.66. The van der Waals surface area contributed by atoms with Crippen molar-refractivity contribution in [3.8, 4) is 0 Å². The van der Waals surface area contributed by atoms with E-state index in [1.54, 1.807) is 0 Å². The molecule has 5 heteroatoms. The van der Waals surface area contributed by atoms with E-state index in [0.717, 1.165) is 21.5 Å². The van der Waals surface area contributed by atoms with Crippen molar-refractivity contribution in [2.24, 2.45) is 0 Å². The molecule has 1 N–H and O–H groups in total. The quantitative estimate of drug-likeness (QED) is 0.815. The van der Waals surface area contributed by atoms with Gasteiger partial charge in [-0.05, 0) is 40.9 Å². The third-order valence-corrected chi connectivity index (χ3v) is 5.09. The molecule has 1 aromatic rings. The molecule has 0 atom stereocenters. The summed E-state index contributed by atoms with van der Waals surface area (Å²) >= 11 is 4.85. The van der Waals surface area contributed by atoms with Gasteiger partial charge in [-0.25, -0.2) is 0 Å². The molecule has 0 spiro atoms. The van der Waals surface area contributed by atoms with Gasteiger partial charge >= 0.3 is 0 Å². The molecule has 18 heavy (non-hydrogen) atoms. The highest BCUT2D eigenvalue weighted by molar-refractivity contribution is 9.11. The summed E-state index contributed by atoms with van der Waals surface area (Å²) in [6, 6.07) is 4.25. The van der Waals surface area contributed by atoms with Gasteiger partial charge in [0.15, 0.2) is 5.78 Å². The first kappa shape index (κ1) is 14.2. The maximum absolute atomic E-state index is 12.2. The van der Waals surface area contributed by atoms with E-state index in [4.69, 9.17) is 5.11 Å². The first-order chi connectivity index (χ1) is 8.70. The van der Waals surface area contributed by atoms with Crippen LogP contribution < -0.4 is 0 Å². The van der Waals surface area contributed by atoms with Crippen molar-refractivity contribution in [2.45, 2.75) is 31.7 Å². The standard InChI is InChI=1S/C13H18BrNO2S/c14-13-6-5-12(18-13)11(17)9-15(7-8-16)10-3-1-2-4-10/h5-6,10,16H,1-4,7-9H2. The lowest BCUT2D eigenvalue weighted by atomic mass is 10.2. The van der Waals surface area contributed by atoms with Crippen molar-refractivity contribution in [3.63, 3.8) is 0 Å². The summed E-state index contributed by atoms with van der Waals surface area (Å²) in [6.45, 7) is 1.15. The normalized spacial score (nSPS) is 16.6. The summed E-state index contributed by atoms with van der Waals surface area (Å²) in [6.07, 6.45) is 4.79. The Labute approximate surface area is 120 Å². The fourth-order valence-electron chi connectivity index (χ4n) is 2.52. The minimum Gasteiger partial charge on any atom is -0.395 e. The average molecular weight is 332 g/mol. The van der Waals surface area contributed by atoms with Gasteiger partial charge < -0.3 is 5.11 Å². The number of hydrogen-bond acceptors (Lipinski definition) is 4. The molecular weight excluding hydrogens is 314 g/mol. The summed E-state index contributed by atoms with van der Waals surface area (Å²) in [5.41, 5.74) is 0. The molecule has 0 amide bonds. The zero-order valence-electron chi connectivity index (χ0n) is 10.3. The maximum Gasteiger partial charge on any atom is 0.186 e. The SMILES string of the molecule is O=C(CN(CCO)C1CCCC1)c1ccc(Br)s1. The zero-order chi connectivity index (χ0) is 13.0. The van der Waals surface area contributed by atoms with Crippen LogP contribution in [0.25, 0.3) is 0 Å². The van der Waals surface area contributed by atoms with Crippen LogP contribution in [0.15, 0.2) is 15.9 Å². The third-order valence-electron chi connectivity index (χ3n) is 3.42. The van der Waals surface area contributed by atoms with E-state index >= 15 is 0 Å². The van der Waals surface area contributed by atoms with Crippen LogP contribution in [-0.4, -0.2) is 41.5 Å². The Morgan fingerprint density at radius 2 is 2.17 bits per heavy atom. The largest absolute Gasteiger partial charge is 0.395 e. The topological polar surface area (TPSA) is 40.5 Å². The molecular formula is C13H18BrNO2S. The van der Waals surface area contributed by atoms with Crippen LogP contribution in [-0.2, 0) is 0 Å². The summed E-state index contributed by atoms with van der Waals surface area (Å²) < 4.78 is 0.987. The number of thiophene rings is 1. The van der Waals surface area contributed by atoms with Crippen molar-refractivity contribution < 1.29 is 9.90 Å². The van der Waals surface area contributed by atoms with Gasteiger partial charge in [0.1, 0.15) is 0 Å². The Morgan fingerprint density at radius 3 is 2.72 bits per heavy atom. The predicted molar refractivity (Wildman–Crippen MR) is 77.3 cm³/mol. The number of nitrogens with zero attached hydrogens (tertiary/aromatic N) is 1. The van der Waals surface area contributed by atoms with Crippen molar-refractivity contribution in [2.75, 3.05) is 19.7 Å². The molecule has 1 fully saturated rings. The smallest absolute Gasteiger partial charge is 0.186 e. The van der Waals surface area contributed by atoms with Crippen LogP contribution in [0.2, 0.25) is 0 Å². The number of carbonyl (C=O) groups excluding carboxylic acids is 1. The van der Waals surface area contributed by atoms with Crippen molar-refractivity contribution in [1.29, 1.82) is 0 Å². The molecule has 1 aliphatic carbocycles. The minimum absolute atomic E-state index is 0.123.